The maximum Gasteiger partial charge on any atom is 0.0832 e. The van der Waals surface area contributed by atoms with Crippen molar-refractivity contribution >= 4 is 49.4 Å². The second kappa shape index (κ2) is 8.41. The first kappa shape index (κ1) is 21.4. The van der Waals surface area contributed by atoms with Crippen molar-refractivity contribution in [2.45, 2.75) is 0 Å². The third-order valence-electron chi connectivity index (χ3n) is 7.55. The fraction of sp³-hybridized carbons (Fsp3) is 0. The first-order valence-corrected chi connectivity index (χ1v) is 13.7. The van der Waals surface area contributed by atoms with E-state index in [0.717, 1.165) is 22.6 Å². The monoisotopic (exact) mass is 502 g/mol. The lowest BCUT2D eigenvalue weighted by molar-refractivity contribution is 1.29. The molecule has 2 nitrogen and oxygen atoms in total. The quantitative estimate of drug-likeness (QED) is 0.238. The van der Waals surface area contributed by atoms with Crippen LogP contribution in [0.3, 0.4) is 0 Å². The molecule has 0 aliphatic heterocycles. The van der Waals surface area contributed by atoms with E-state index >= 15 is 0 Å². The molecule has 0 unspecified atom stereocenters. The Balaban J connectivity index is 1.30. The van der Waals surface area contributed by atoms with Crippen LogP contribution in [0.1, 0.15) is 0 Å². The molecule has 0 bridgehead atoms. The Morgan fingerprint density at radius 2 is 1.18 bits per heavy atom. The van der Waals surface area contributed by atoms with Gasteiger partial charge in [-0.25, -0.2) is 4.98 Å². The number of thiazole rings is 1. The number of rotatable bonds is 4. The van der Waals surface area contributed by atoms with Gasteiger partial charge in [-0.2, -0.15) is 0 Å². The van der Waals surface area contributed by atoms with E-state index in [1.54, 1.807) is 11.3 Å². The number of hydrogen-bond donors (Lipinski definition) is 0. The number of hydrogen-bond acceptors (Lipinski definition) is 3. The van der Waals surface area contributed by atoms with Crippen molar-refractivity contribution in [1.29, 1.82) is 0 Å². The molecule has 0 N–H and O–H groups in total. The summed E-state index contributed by atoms with van der Waals surface area (Å²) in [4.78, 5) is 6.95. The highest BCUT2D eigenvalue weighted by molar-refractivity contribution is 7.16. The molecule has 7 aromatic rings. The predicted molar refractivity (Wildman–Crippen MR) is 162 cm³/mol. The van der Waals surface area contributed by atoms with Gasteiger partial charge in [-0.15, -0.1) is 11.3 Å². The Labute approximate surface area is 225 Å². The second-order valence-corrected chi connectivity index (χ2v) is 10.6. The van der Waals surface area contributed by atoms with Crippen LogP contribution in [0.5, 0.6) is 0 Å². The summed E-state index contributed by atoms with van der Waals surface area (Å²) in [6.45, 7) is 0. The van der Waals surface area contributed by atoms with Gasteiger partial charge in [0.15, 0.2) is 0 Å². The molecular formula is C35H22N2S. The van der Waals surface area contributed by atoms with E-state index < -0.39 is 0 Å². The fourth-order valence-electron chi connectivity index (χ4n) is 5.78. The zero-order valence-electron chi connectivity index (χ0n) is 20.5. The molecule has 1 aliphatic carbocycles. The second-order valence-electron chi connectivity index (χ2n) is 9.69. The van der Waals surface area contributed by atoms with Crippen LogP contribution in [0.25, 0.3) is 54.4 Å². The molecule has 38 heavy (non-hydrogen) atoms. The van der Waals surface area contributed by atoms with Crippen LogP contribution < -0.4 is 4.90 Å². The van der Waals surface area contributed by atoms with Crippen LogP contribution in [-0.2, 0) is 0 Å². The molecule has 0 saturated carbocycles. The highest BCUT2D eigenvalue weighted by Crippen LogP contribution is 2.49. The van der Waals surface area contributed by atoms with Gasteiger partial charge in [-0.1, -0.05) is 84.9 Å². The summed E-state index contributed by atoms with van der Waals surface area (Å²) in [6, 6.07) is 46.1. The molecule has 0 fully saturated rings. The molecule has 0 radical (unpaired) electrons. The van der Waals surface area contributed by atoms with Gasteiger partial charge in [-0.05, 0) is 86.6 Å². The molecule has 0 saturated heterocycles. The van der Waals surface area contributed by atoms with Gasteiger partial charge >= 0.3 is 0 Å². The summed E-state index contributed by atoms with van der Waals surface area (Å²) in [5.41, 5.74) is 13.9. The predicted octanol–water partition coefficient (Wildman–Crippen LogP) is 10.2. The Morgan fingerprint density at radius 3 is 2.00 bits per heavy atom. The minimum Gasteiger partial charge on any atom is -0.310 e. The highest BCUT2D eigenvalue weighted by atomic mass is 32.1. The smallest absolute Gasteiger partial charge is 0.0832 e. The van der Waals surface area contributed by atoms with Crippen LogP contribution in [0, 0.1) is 0 Å². The molecule has 3 heteroatoms. The molecule has 178 valence electrons. The van der Waals surface area contributed by atoms with E-state index in [9.17, 15) is 0 Å². The lowest BCUT2D eigenvalue weighted by Crippen LogP contribution is -2.10. The topological polar surface area (TPSA) is 16.1 Å². The molecule has 8 rings (SSSR count). The Morgan fingerprint density at radius 1 is 0.500 bits per heavy atom. The lowest BCUT2D eigenvalue weighted by Gasteiger charge is -2.26. The van der Waals surface area contributed by atoms with Crippen molar-refractivity contribution in [2.24, 2.45) is 0 Å². The van der Waals surface area contributed by atoms with E-state index in [2.05, 4.69) is 137 Å². The Bertz CT molecular complexity index is 1960. The van der Waals surface area contributed by atoms with E-state index in [1.165, 1.54) is 48.9 Å². The van der Waals surface area contributed by atoms with Crippen LogP contribution >= 0.6 is 11.3 Å². The highest BCUT2D eigenvalue weighted by Gasteiger charge is 2.23. The summed E-state index contributed by atoms with van der Waals surface area (Å²) in [6.07, 6.45) is 0. The van der Waals surface area contributed by atoms with Crippen molar-refractivity contribution < 1.29 is 0 Å². The average molecular weight is 503 g/mol. The van der Waals surface area contributed by atoms with Crippen LogP contribution in [0.4, 0.5) is 17.1 Å². The first-order chi connectivity index (χ1) is 18.8. The average Bonchev–Trinajstić information content (AvgIpc) is 3.58. The van der Waals surface area contributed by atoms with Crippen LogP contribution in [0.15, 0.2) is 133 Å². The molecule has 0 atom stereocenters. The molecule has 1 aromatic heterocycles. The Kier molecular flexibility index (Phi) is 4.73. The van der Waals surface area contributed by atoms with Gasteiger partial charge in [0.2, 0.25) is 0 Å². The third kappa shape index (κ3) is 3.29. The zero-order valence-corrected chi connectivity index (χ0v) is 21.3. The SMILES string of the molecule is c1ccc(-c2ccc(N(c3ccc4c(c3)-c3cccc5cccc-4c35)c3ccc4scnc4c3)cc2)cc1. The number of fused-ring (bicyclic) bond motifs is 4. The molecule has 0 spiro atoms. The number of anilines is 3. The van der Waals surface area contributed by atoms with E-state index in [1.807, 2.05) is 5.51 Å². The minimum absolute atomic E-state index is 1.02. The van der Waals surface area contributed by atoms with Gasteiger partial charge in [-0.3, -0.25) is 0 Å². The number of nitrogens with zero attached hydrogens (tertiary/aromatic N) is 2. The maximum absolute atomic E-state index is 4.61. The molecule has 0 amide bonds. The number of benzene rings is 6. The summed E-state index contributed by atoms with van der Waals surface area (Å²) in [5.74, 6) is 0. The normalized spacial score (nSPS) is 11.7. The van der Waals surface area contributed by atoms with Crippen molar-refractivity contribution in [3.05, 3.63) is 133 Å². The van der Waals surface area contributed by atoms with E-state index in [4.69, 9.17) is 0 Å². The standard InChI is InChI=1S/C35H22N2S/c1-2-6-23(7-3-1)24-12-14-26(15-13-24)37(28-17-19-34-33(21-28)36-22-38-34)27-16-18-29-30-10-4-8-25-9-5-11-31(35(25)30)32(29)20-27/h1-22H. The lowest BCUT2D eigenvalue weighted by atomic mass is 10.0. The Hall–Kier alpha value is -4.73. The zero-order chi connectivity index (χ0) is 25.1. The van der Waals surface area contributed by atoms with Crippen molar-refractivity contribution in [1.82, 2.24) is 4.98 Å². The van der Waals surface area contributed by atoms with Crippen LogP contribution in [0.2, 0.25) is 0 Å². The maximum atomic E-state index is 4.61. The molecular weight excluding hydrogens is 480 g/mol. The fourth-order valence-corrected chi connectivity index (χ4v) is 6.44. The first-order valence-electron chi connectivity index (χ1n) is 12.8. The van der Waals surface area contributed by atoms with Gasteiger partial charge in [0.1, 0.15) is 0 Å². The van der Waals surface area contributed by atoms with Crippen molar-refractivity contribution in [3.63, 3.8) is 0 Å². The molecule has 6 aromatic carbocycles. The molecule has 1 heterocycles. The van der Waals surface area contributed by atoms with Gasteiger partial charge in [0, 0.05) is 17.1 Å². The van der Waals surface area contributed by atoms with Crippen molar-refractivity contribution in [2.75, 3.05) is 4.90 Å². The largest absolute Gasteiger partial charge is 0.310 e. The molecule has 1 aliphatic rings. The van der Waals surface area contributed by atoms with E-state index in [-0.39, 0.29) is 0 Å². The summed E-state index contributed by atoms with van der Waals surface area (Å²) >= 11 is 1.68. The minimum atomic E-state index is 1.02. The van der Waals surface area contributed by atoms with Crippen LogP contribution in [-0.4, -0.2) is 4.98 Å². The number of aromatic nitrogens is 1. The van der Waals surface area contributed by atoms with Gasteiger partial charge < -0.3 is 4.90 Å². The summed E-state index contributed by atoms with van der Waals surface area (Å²) in [5, 5.41) is 2.64. The summed E-state index contributed by atoms with van der Waals surface area (Å²) < 4.78 is 1.20. The third-order valence-corrected chi connectivity index (χ3v) is 8.36. The van der Waals surface area contributed by atoms with Crippen molar-refractivity contribution in [3.8, 4) is 33.4 Å². The summed E-state index contributed by atoms with van der Waals surface area (Å²) in [7, 11) is 0. The van der Waals surface area contributed by atoms with E-state index in [0.29, 0.717) is 0 Å². The van der Waals surface area contributed by atoms with Gasteiger partial charge in [0.05, 0.1) is 15.7 Å². The van der Waals surface area contributed by atoms with Gasteiger partial charge in [0.25, 0.3) is 0 Å².